The van der Waals surface area contributed by atoms with Crippen LogP contribution in [0.5, 0.6) is 0 Å². The Labute approximate surface area is 123 Å². The predicted octanol–water partition coefficient (Wildman–Crippen LogP) is 2.22. The normalized spacial score (nSPS) is 11.0. The molecule has 0 saturated carbocycles. The molecule has 1 aromatic carbocycles. The van der Waals surface area contributed by atoms with E-state index < -0.39 is 11.2 Å². The van der Waals surface area contributed by atoms with E-state index in [1.165, 1.54) is 6.07 Å². The van der Waals surface area contributed by atoms with Gasteiger partial charge in [0.05, 0.1) is 0 Å². The maximum atomic E-state index is 12.0. The Morgan fingerprint density at radius 2 is 1.95 bits per heavy atom. The second-order valence-corrected chi connectivity index (χ2v) is 5.20. The lowest BCUT2D eigenvalue weighted by molar-refractivity contribution is 0.559. The van der Waals surface area contributed by atoms with E-state index in [1.54, 1.807) is 0 Å². The van der Waals surface area contributed by atoms with Crippen LogP contribution >= 0.6 is 12.2 Å². The number of H-pyrrole nitrogens is 2. The first-order chi connectivity index (χ1) is 9.95. The SMILES string of the molecule is Cc1cc(C)c2oc(=O)cc(-c3n[nH]c(=S)[nH]c3=O)c2c1. The van der Waals surface area contributed by atoms with Crippen molar-refractivity contribution in [1.29, 1.82) is 0 Å². The first-order valence-electron chi connectivity index (χ1n) is 6.20. The maximum absolute atomic E-state index is 12.0. The van der Waals surface area contributed by atoms with Crippen LogP contribution in [-0.4, -0.2) is 15.2 Å². The summed E-state index contributed by atoms with van der Waals surface area (Å²) in [5.74, 6) is 0. The zero-order chi connectivity index (χ0) is 15.1. The van der Waals surface area contributed by atoms with Crippen molar-refractivity contribution in [3.05, 3.63) is 54.9 Å². The van der Waals surface area contributed by atoms with Gasteiger partial charge in [-0.05, 0) is 43.3 Å². The molecular weight excluding hydrogens is 290 g/mol. The van der Waals surface area contributed by atoms with Crippen LogP contribution in [0.2, 0.25) is 0 Å². The Morgan fingerprint density at radius 1 is 1.19 bits per heavy atom. The Morgan fingerprint density at radius 3 is 2.67 bits per heavy atom. The third kappa shape index (κ3) is 2.31. The first kappa shape index (κ1) is 13.4. The van der Waals surface area contributed by atoms with E-state index >= 15 is 0 Å². The number of aryl methyl sites for hydroxylation is 2. The molecule has 2 N–H and O–H groups in total. The number of hydrogen-bond donors (Lipinski definition) is 2. The molecule has 0 fully saturated rings. The molecule has 0 radical (unpaired) electrons. The fourth-order valence-electron chi connectivity index (χ4n) is 2.34. The fraction of sp³-hybridized carbons (Fsp3) is 0.143. The van der Waals surface area contributed by atoms with Gasteiger partial charge in [-0.15, -0.1) is 0 Å². The molecule has 7 heteroatoms. The molecule has 3 aromatic rings. The Hall–Kier alpha value is -2.54. The minimum absolute atomic E-state index is 0.103. The highest BCUT2D eigenvalue weighted by Gasteiger charge is 2.14. The number of aromatic nitrogens is 3. The Bertz CT molecular complexity index is 1030. The Kier molecular flexibility index (Phi) is 3.06. The van der Waals surface area contributed by atoms with Gasteiger partial charge in [-0.1, -0.05) is 6.07 Å². The molecule has 0 bridgehead atoms. The lowest BCUT2D eigenvalue weighted by atomic mass is 10.0. The van der Waals surface area contributed by atoms with Crippen molar-refractivity contribution in [1.82, 2.24) is 15.2 Å². The van der Waals surface area contributed by atoms with Crippen molar-refractivity contribution in [2.24, 2.45) is 0 Å². The van der Waals surface area contributed by atoms with Gasteiger partial charge in [0.15, 0.2) is 10.5 Å². The summed E-state index contributed by atoms with van der Waals surface area (Å²) >= 11 is 4.82. The zero-order valence-corrected chi connectivity index (χ0v) is 12.1. The van der Waals surface area contributed by atoms with Crippen LogP contribution < -0.4 is 11.2 Å². The summed E-state index contributed by atoms with van der Waals surface area (Å²) in [7, 11) is 0. The summed E-state index contributed by atoms with van der Waals surface area (Å²) in [6.45, 7) is 3.77. The number of hydrogen-bond acceptors (Lipinski definition) is 5. The lowest BCUT2D eigenvalue weighted by Gasteiger charge is -2.07. The smallest absolute Gasteiger partial charge is 0.336 e. The summed E-state index contributed by atoms with van der Waals surface area (Å²) in [5, 5.41) is 7.14. The lowest BCUT2D eigenvalue weighted by Crippen LogP contribution is -2.14. The quantitative estimate of drug-likeness (QED) is 0.531. The van der Waals surface area contributed by atoms with Crippen LogP contribution in [-0.2, 0) is 0 Å². The van der Waals surface area contributed by atoms with E-state index in [0.29, 0.717) is 16.5 Å². The third-order valence-corrected chi connectivity index (χ3v) is 3.33. The molecule has 2 heterocycles. The minimum Gasteiger partial charge on any atom is -0.422 e. The van der Waals surface area contributed by atoms with Gasteiger partial charge < -0.3 is 4.42 Å². The molecule has 0 amide bonds. The van der Waals surface area contributed by atoms with Gasteiger partial charge in [0.1, 0.15) is 5.58 Å². The second kappa shape index (κ2) is 4.78. The topological polar surface area (TPSA) is 91.8 Å². The van der Waals surface area contributed by atoms with Gasteiger partial charge >= 0.3 is 5.63 Å². The standard InChI is InChI=1S/C14H11N3O3S/c1-6-3-7(2)12-9(4-6)8(5-10(18)20-12)11-13(19)15-14(21)17-16-11/h3-5H,1-2H3,(H2,15,17,19,21). The van der Waals surface area contributed by atoms with Gasteiger partial charge in [-0.3, -0.25) is 14.9 Å². The minimum atomic E-state index is -0.534. The molecule has 6 nitrogen and oxygen atoms in total. The number of fused-ring (bicyclic) bond motifs is 1. The molecule has 0 unspecified atom stereocenters. The highest BCUT2D eigenvalue weighted by molar-refractivity contribution is 7.71. The molecule has 0 atom stereocenters. The second-order valence-electron chi connectivity index (χ2n) is 4.79. The summed E-state index contributed by atoms with van der Waals surface area (Å²) in [5.41, 5.74) is 1.80. The molecule has 3 rings (SSSR count). The Balaban J connectivity index is 2.50. The van der Waals surface area contributed by atoms with Gasteiger partial charge in [-0.25, -0.2) is 4.79 Å². The molecule has 0 spiro atoms. The van der Waals surface area contributed by atoms with Crippen molar-refractivity contribution in [3.8, 4) is 11.3 Å². The van der Waals surface area contributed by atoms with Crippen LogP contribution in [0.3, 0.4) is 0 Å². The maximum Gasteiger partial charge on any atom is 0.336 e. The average Bonchev–Trinajstić information content (AvgIpc) is 2.39. The van der Waals surface area contributed by atoms with Crippen molar-refractivity contribution in [2.45, 2.75) is 13.8 Å². The zero-order valence-electron chi connectivity index (χ0n) is 11.3. The number of nitrogens with zero attached hydrogens (tertiary/aromatic N) is 1. The number of benzene rings is 1. The van der Waals surface area contributed by atoms with E-state index in [1.807, 2.05) is 26.0 Å². The number of nitrogens with one attached hydrogen (secondary N) is 2. The fourth-order valence-corrected chi connectivity index (χ4v) is 2.48. The van der Waals surface area contributed by atoms with Gasteiger partial charge in [-0.2, -0.15) is 5.10 Å². The summed E-state index contributed by atoms with van der Waals surface area (Å²) in [6.07, 6.45) is 0. The number of rotatable bonds is 1. The van der Waals surface area contributed by atoms with Gasteiger partial charge in [0.25, 0.3) is 5.56 Å². The monoisotopic (exact) mass is 301 g/mol. The van der Waals surface area contributed by atoms with Crippen LogP contribution in [0.25, 0.3) is 22.2 Å². The molecule has 21 heavy (non-hydrogen) atoms. The average molecular weight is 301 g/mol. The van der Waals surface area contributed by atoms with Gasteiger partial charge in [0.2, 0.25) is 0 Å². The summed E-state index contributed by atoms with van der Waals surface area (Å²) in [6, 6.07) is 5.02. The van der Waals surface area contributed by atoms with Crippen LogP contribution in [0.1, 0.15) is 11.1 Å². The molecule has 0 aliphatic heterocycles. The van der Waals surface area contributed by atoms with Crippen molar-refractivity contribution < 1.29 is 4.42 Å². The van der Waals surface area contributed by atoms with E-state index in [9.17, 15) is 9.59 Å². The molecule has 0 aliphatic rings. The number of aromatic amines is 2. The van der Waals surface area contributed by atoms with Crippen molar-refractivity contribution in [2.75, 3.05) is 0 Å². The van der Waals surface area contributed by atoms with E-state index in [2.05, 4.69) is 15.2 Å². The van der Waals surface area contributed by atoms with E-state index in [4.69, 9.17) is 16.6 Å². The van der Waals surface area contributed by atoms with Crippen LogP contribution in [0.4, 0.5) is 0 Å². The first-order valence-corrected chi connectivity index (χ1v) is 6.61. The van der Waals surface area contributed by atoms with Crippen molar-refractivity contribution in [3.63, 3.8) is 0 Å². The van der Waals surface area contributed by atoms with Gasteiger partial charge in [0, 0.05) is 17.0 Å². The van der Waals surface area contributed by atoms with Crippen LogP contribution in [0.15, 0.2) is 32.2 Å². The molecule has 0 aliphatic carbocycles. The van der Waals surface area contributed by atoms with Crippen LogP contribution in [0, 0.1) is 18.6 Å². The molecule has 106 valence electrons. The molecule has 0 saturated heterocycles. The summed E-state index contributed by atoms with van der Waals surface area (Å²) < 4.78 is 5.37. The molecular formula is C14H11N3O3S. The van der Waals surface area contributed by atoms with E-state index in [-0.39, 0.29) is 10.5 Å². The highest BCUT2D eigenvalue weighted by Crippen LogP contribution is 2.27. The largest absolute Gasteiger partial charge is 0.422 e. The van der Waals surface area contributed by atoms with Crippen molar-refractivity contribution >= 4 is 23.2 Å². The highest BCUT2D eigenvalue weighted by atomic mass is 32.1. The summed E-state index contributed by atoms with van der Waals surface area (Å²) in [4.78, 5) is 26.2. The third-order valence-electron chi connectivity index (χ3n) is 3.14. The molecule has 2 aromatic heterocycles. The predicted molar refractivity (Wildman–Crippen MR) is 81.0 cm³/mol. The van der Waals surface area contributed by atoms with E-state index in [0.717, 1.165) is 11.1 Å².